The topological polar surface area (TPSA) is 72.2 Å². The van der Waals surface area contributed by atoms with Crippen molar-refractivity contribution in [1.82, 2.24) is 4.98 Å². The summed E-state index contributed by atoms with van der Waals surface area (Å²) in [6, 6.07) is 10.8. The molecule has 1 aromatic heterocycles. The predicted octanol–water partition coefficient (Wildman–Crippen LogP) is 2.77. The number of hydrazine groups is 1. The standard InChI is InChI=1S/C12H13ClN4O/c1-18-10-7-8(5-6-9(10)13)15-11-3-2-4-12(16-11)17-14/h2-7H,14H2,1H3,(H2,15,16,17). The Balaban J connectivity index is 2.22. The number of nitrogens with one attached hydrogen (secondary N) is 2. The molecule has 0 amide bonds. The van der Waals surface area contributed by atoms with Gasteiger partial charge in [-0.2, -0.15) is 0 Å². The first-order valence-electron chi connectivity index (χ1n) is 5.27. The highest BCUT2D eigenvalue weighted by Gasteiger charge is 2.03. The number of hydrogen-bond donors (Lipinski definition) is 3. The second kappa shape index (κ2) is 5.57. The number of ether oxygens (including phenoxy) is 1. The van der Waals surface area contributed by atoms with Crippen molar-refractivity contribution >= 4 is 28.9 Å². The number of nitrogen functional groups attached to an aromatic ring is 1. The van der Waals surface area contributed by atoms with Crippen LogP contribution in [0, 0.1) is 0 Å². The molecule has 0 fully saturated rings. The number of halogens is 1. The Bertz CT molecular complexity index is 547. The number of nitrogens with two attached hydrogens (primary N) is 1. The van der Waals surface area contributed by atoms with Crippen LogP contribution in [0.15, 0.2) is 36.4 Å². The highest BCUT2D eigenvalue weighted by molar-refractivity contribution is 6.32. The number of nitrogens with zero attached hydrogens (tertiary/aromatic N) is 1. The minimum Gasteiger partial charge on any atom is -0.495 e. The van der Waals surface area contributed by atoms with Gasteiger partial charge in [-0.25, -0.2) is 10.8 Å². The van der Waals surface area contributed by atoms with Gasteiger partial charge in [-0.15, -0.1) is 0 Å². The summed E-state index contributed by atoms with van der Waals surface area (Å²) in [5, 5.41) is 3.70. The highest BCUT2D eigenvalue weighted by Crippen LogP contribution is 2.28. The molecule has 2 rings (SSSR count). The first-order valence-corrected chi connectivity index (χ1v) is 5.65. The van der Waals surface area contributed by atoms with Gasteiger partial charge in [0.1, 0.15) is 17.4 Å². The average Bonchev–Trinajstić information content (AvgIpc) is 2.41. The van der Waals surface area contributed by atoms with E-state index >= 15 is 0 Å². The molecule has 0 aliphatic rings. The first kappa shape index (κ1) is 12.5. The van der Waals surface area contributed by atoms with Gasteiger partial charge in [-0.1, -0.05) is 17.7 Å². The fraction of sp³-hybridized carbons (Fsp3) is 0.0833. The summed E-state index contributed by atoms with van der Waals surface area (Å²) >= 11 is 5.95. The first-order chi connectivity index (χ1) is 8.72. The molecule has 0 aliphatic heterocycles. The summed E-state index contributed by atoms with van der Waals surface area (Å²) in [4.78, 5) is 4.24. The minimum atomic E-state index is 0.563. The zero-order valence-electron chi connectivity index (χ0n) is 9.77. The molecule has 0 saturated carbocycles. The second-order valence-electron chi connectivity index (χ2n) is 3.53. The van der Waals surface area contributed by atoms with Gasteiger partial charge in [0.2, 0.25) is 0 Å². The third-order valence-electron chi connectivity index (χ3n) is 2.32. The second-order valence-corrected chi connectivity index (χ2v) is 3.93. The normalized spacial score (nSPS) is 9.94. The van der Waals surface area contributed by atoms with E-state index in [1.807, 2.05) is 18.2 Å². The van der Waals surface area contributed by atoms with Crippen LogP contribution < -0.4 is 21.3 Å². The van der Waals surface area contributed by atoms with Crippen molar-refractivity contribution in [2.24, 2.45) is 5.84 Å². The Morgan fingerprint density at radius 1 is 1.22 bits per heavy atom. The molecular formula is C12H13ClN4O. The largest absolute Gasteiger partial charge is 0.495 e. The van der Waals surface area contributed by atoms with E-state index in [1.165, 1.54) is 0 Å². The summed E-state index contributed by atoms with van der Waals surface area (Å²) in [6.45, 7) is 0. The number of benzene rings is 1. The molecule has 94 valence electrons. The zero-order chi connectivity index (χ0) is 13.0. The number of pyridine rings is 1. The number of methoxy groups -OCH3 is 1. The van der Waals surface area contributed by atoms with Gasteiger partial charge in [-0.3, -0.25) is 0 Å². The molecule has 0 radical (unpaired) electrons. The molecule has 18 heavy (non-hydrogen) atoms. The lowest BCUT2D eigenvalue weighted by molar-refractivity contribution is 0.415. The maximum atomic E-state index is 5.95. The maximum Gasteiger partial charge on any atom is 0.142 e. The average molecular weight is 265 g/mol. The van der Waals surface area contributed by atoms with Crippen LogP contribution in [-0.2, 0) is 0 Å². The minimum absolute atomic E-state index is 0.563. The molecule has 0 unspecified atom stereocenters. The summed E-state index contributed by atoms with van der Waals surface area (Å²) in [5.74, 6) is 7.17. The molecule has 0 spiro atoms. The van der Waals surface area contributed by atoms with Gasteiger partial charge >= 0.3 is 0 Å². The van der Waals surface area contributed by atoms with Crippen molar-refractivity contribution in [3.05, 3.63) is 41.4 Å². The summed E-state index contributed by atoms with van der Waals surface area (Å²) in [7, 11) is 1.57. The number of aromatic nitrogens is 1. The fourth-order valence-corrected chi connectivity index (χ4v) is 1.66. The quantitative estimate of drug-likeness (QED) is 0.585. The third-order valence-corrected chi connectivity index (χ3v) is 2.63. The van der Waals surface area contributed by atoms with Crippen LogP contribution in [0.5, 0.6) is 5.75 Å². The van der Waals surface area contributed by atoms with Gasteiger partial charge in [0.15, 0.2) is 0 Å². The summed E-state index contributed by atoms with van der Waals surface area (Å²) in [5.41, 5.74) is 3.32. The lowest BCUT2D eigenvalue weighted by atomic mass is 10.3. The number of anilines is 3. The molecular weight excluding hydrogens is 252 g/mol. The Labute approximate surface area is 110 Å². The smallest absolute Gasteiger partial charge is 0.142 e. The van der Waals surface area contributed by atoms with Crippen molar-refractivity contribution in [3.63, 3.8) is 0 Å². The van der Waals surface area contributed by atoms with Gasteiger partial charge in [0.05, 0.1) is 12.1 Å². The molecule has 6 heteroatoms. The van der Waals surface area contributed by atoms with E-state index < -0.39 is 0 Å². The van der Waals surface area contributed by atoms with Gasteiger partial charge in [0, 0.05) is 11.8 Å². The van der Waals surface area contributed by atoms with E-state index in [4.69, 9.17) is 22.2 Å². The van der Waals surface area contributed by atoms with E-state index in [2.05, 4.69) is 15.7 Å². The third kappa shape index (κ3) is 2.82. The van der Waals surface area contributed by atoms with E-state index in [9.17, 15) is 0 Å². The van der Waals surface area contributed by atoms with Crippen LogP contribution in [0.4, 0.5) is 17.3 Å². The molecule has 1 heterocycles. The van der Waals surface area contributed by atoms with Crippen LogP contribution in [0.2, 0.25) is 5.02 Å². The molecule has 0 aliphatic carbocycles. The van der Waals surface area contributed by atoms with Crippen LogP contribution >= 0.6 is 11.6 Å². The fourth-order valence-electron chi connectivity index (χ4n) is 1.47. The van der Waals surface area contributed by atoms with Gasteiger partial charge in [0.25, 0.3) is 0 Å². The van der Waals surface area contributed by atoms with E-state index in [0.29, 0.717) is 22.4 Å². The summed E-state index contributed by atoms with van der Waals surface area (Å²) in [6.07, 6.45) is 0. The number of rotatable bonds is 4. The van der Waals surface area contributed by atoms with Crippen LogP contribution in [0.25, 0.3) is 0 Å². The molecule has 0 atom stereocenters. The SMILES string of the molecule is COc1cc(Nc2cccc(NN)n2)ccc1Cl. The van der Waals surface area contributed by atoms with E-state index in [-0.39, 0.29) is 0 Å². The molecule has 4 N–H and O–H groups in total. The summed E-state index contributed by atoms with van der Waals surface area (Å²) < 4.78 is 5.14. The van der Waals surface area contributed by atoms with Crippen molar-refractivity contribution in [3.8, 4) is 5.75 Å². The molecule has 2 aromatic rings. The Morgan fingerprint density at radius 3 is 2.72 bits per heavy atom. The Kier molecular flexibility index (Phi) is 3.86. The Hall–Kier alpha value is -1.98. The highest BCUT2D eigenvalue weighted by atomic mass is 35.5. The molecule has 0 saturated heterocycles. The van der Waals surface area contributed by atoms with Crippen LogP contribution in [-0.4, -0.2) is 12.1 Å². The molecule has 1 aromatic carbocycles. The molecule has 5 nitrogen and oxygen atoms in total. The van der Waals surface area contributed by atoms with Crippen molar-refractivity contribution in [2.45, 2.75) is 0 Å². The monoisotopic (exact) mass is 264 g/mol. The Morgan fingerprint density at radius 2 is 2.00 bits per heavy atom. The van der Waals surface area contributed by atoms with Crippen LogP contribution in [0.3, 0.4) is 0 Å². The van der Waals surface area contributed by atoms with Crippen LogP contribution in [0.1, 0.15) is 0 Å². The van der Waals surface area contributed by atoms with E-state index in [0.717, 1.165) is 5.69 Å². The lowest BCUT2D eigenvalue weighted by Crippen LogP contribution is -2.08. The zero-order valence-corrected chi connectivity index (χ0v) is 10.5. The van der Waals surface area contributed by atoms with Crippen molar-refractivity contribution < 1.29 is 4.74 Å². The van der Waals surface area contributed by atoms with Crippen molar-refractivity contribution in [2.75, 3.05) is 17.9 Å². The van der Waals surface area contributed by atoms with E-state index in [1.54, 1.807) is 25.3 Å². The number of hydrogen-bond acceptors (Lipinski definition) is 5. The van der Waals surface area contributed by atoms with Crippen molar-refractivity contribution in [1.29, 1.82) is 0 Å². The lowest BCUT2D eigenvalue weighted by Gasteiger charge is -2.09. The molecule has 0 bridgehead atoms. The van der Waals surface area contributed by atoms with Gasteiger partial charge in [-0.05, 0) is 24.3 Å². The predicted molar refractivity (Wildman–Crippen MR) is 73.3 cm³/mol. The maximum absolute atomic E-state index is 5.95. The van der Waals surface area contributed by atoms with Gasteiger partial charge < -0.3 is 15.5 Å².